The summed E-state index contributed by atoms with van der Waals surface area (Å²) < 4.78 is 0.814. The van der Waals surface area contributed by atoms with E-state index in [2.05, 4.69) is 11.8 Å². The van der Waals surface area contributed by atoms with Gasteiger partial charge in [0.25, 0.3) is 0 Å². The molecule has 0 atom stereocenters. The van der Waals surface area contributed by atoms with Gasteiger partial charge in [0.1, 0.15) is 0 Å². The Morgan fingerprint density at radius 2 is 2.00 bits per heavy atom. The van der Waals surface area contributed by atoms with Crippen LogP contribution in [0.5, 0.6) is 0 Å². The number of nitrogens with zero attached hydrogens (tertiary/aromatic N) is 1. The zero-order chi connectivity index (χ0) is 8.91. The number of carbonyl (C=O) groups is 1. The summed E-state index contributed by atoms with van der Waals surface area (Å²) in [6, 6.07) is 0. The predicted molar refractivity (Wildman–Crippen MR) is 42.9 cm³/mol. The standard InChI is InChI=1S/C8H13NO2/c1-9(2,3)7-5-4-6-8(10)11/h5,7H2,1-3H3/p+1. The first-order valence-corrected chi connectivity index (χ1v) is 3.44. The molecule has 3 heteroatoms. The number of hydrogen-bond donors (Lipinski definition) is 1. The zero-order valence-corrected chi connectivity index (χ0v) is 7.22. The van der Waals surface area contributed by atoms with Gasteiger partial charge in [-0.3, -0.25) is 0 Å². The fraction of sp³-hybridized carbons (Fsp3) is 0.625. The molecular formula is C8H14NO2+. The van der Waals surface area contributed by atoms with E-state index in [1.54, 1.807) is 0 Å². The number of hydrogen-bond acceptors (Lipinski definition) is 1. The van der Waals surface area contributed by atoms with E-state index < -0.39 is 5.97 Å². The lowest BCUT2D eigenvalue weighted by atomic mass is 10.4. The van der Waals surface area contributed by atoms with Gasteiger partial charge in [-0.15, -0.1) is 0 Å². The van der Waals surface area contributed by atoms with Crippen LogP contribution in [0.1, 0.15) is 6.42 Å². The van der Waals surface area contributed by atoms with Gasteiger partial charge in [0.05, 0.1) is 34.1 Å². The van der Waals surface area contributed by atoms with Gasteiger partial charge in [-0.2, -0.15) is 0 Å². The van der Waals surface area contributed by atoms with Crippen molar-refractivity contribution in [2.45, 2.75) is 6.42 Å². The average Bonchev–Trinajstić information content (AvgIpc) is 1.78. The largest absolute Gasteiger partial charge is 0.472 e. The molecule has 0 spiro atoms. The van der Waals surface area contributed by atoms with Gasteiger partial charge in [0, 0.05) is 5.92 Å². The molecule has 0 aliphatic carbocycles. The van der Waals surface area contributed by atoms with E-state index >= 15 is 0 Å². The molecule has 0 saturated carbocycles. The molecular weight excluding hydrogens is 142 g/mol. The van der Waals surface area contributed by atoms with E-state index in [1.165, 1.54) is 0 Å². The summed E-state index contributed by atoms with van der Waals surface area (Å²) in [7, 11) is 6.13. The van der Waals surface area contributed by atoms with Gasteiger partial charge < -0.3 is 9.59 Å². The average molecular weight is 156 g/mol. The third-order valence-electron chi connectivity index (χ3n) is 1.10. The molecule has 1 N–H and O–H groups in total. The van der Waals surface area contributed by atoms with Crippen molar-refractivity contribution in [3.63, 3.8) is 0 Å². The lowest BCUT2D eigenvalue weighted by Gasteiger charge is -2.22. The zero-order valence-electron chi connectivity index (χ0n) is 7.22. The van der Waals surface area contributed by atoms with Crippen molar-refractivity contribution in [3.05, 3.63) is 0 Å². The van der Waals surface area contributed by atoms with Crippen LogP contribution in [-0.4, -0.2) is 43.2 Å². The van der Waals surface area contributed by atoms with Crippen molar-refractivity contribution in [2.75, 3.05) is 27.7 Å². The van der Waals surface area contributed by atoms with E-state index in [1.807, 2.05) is 21.1 Å². The minimum absolute atomic E-state index is 0.635. The van der Waals surface area contributed by atoms with E-state index in [4.69, 9.17) is 5.11 Å². The van der Waals surface area contributed by atoms with Crippen LogP contribution in [0.4, 0.5) is 0 Å². The van der Waals surface area contributed by atoms with Gasteiger partial charge in [-0.05, 0) is 0 Å². The molecule has 11 heavy (non-hydrogen) atoms. The highest BCUT2D eigenvalue weighted by Crippen LogP contribution is 1.91. The fourth-order valence-electron chi connectivity index (χ4n) is 0.529. The Morgan fingerprint density at radius 3 is 2.36 bits per heavy atom. The lowest BCUT2D eigenvalue weighted by Crippen LogP contribution is -2.34. The Hall–Kier alpha value is -1.01. The molecule has 0 aromatic rings. The molecule has 0 saturated heterocycles. The van der Waals surface area contributed by atoms with Gasteiger partial charge in [-0.1, -0.05) is 5.92 Å². The van der Waals surface area contributed by atoms with Crippen LogP contribution >= 0.6 is 0 Å². The summed E-state index contributed by atoms with van der Waals surface area (Å²) in [6.45, 7) is 0.875. The second-order valence-corrected chi connectivity index (χ2v) is 3.37. The van der Waals surface area contributed by atoms with E-state index in [0.29, 0.717) is 6.42 Å². The molecule has 0 amide bonds. The van der Waals surface area contributed by atoms with Crippen LogP contribution in [0.3, 0.4) is 0 Å². The number of carboxylic acids is 1. The van der Waals surface area contributed by atoms with Gasteiger partial charge in [-0.25, -0.2) is 4.79 Å². The number of rotatable bonds is 2. The highest BCUT2D eigenvalue weighted by atomic mass is 16.4. The molecule has 3 nitrogen and oxygen atoms in total. The van der Waals surface area contributed by atoms with Crippen molar-refractivity contribution in [2.24, 2.45) is 0 Å². The molecule has 0 aliphatic rings. The highest BCUT2D eigenvalue weighted by Gasteiger charge is 2.03. The van der Waals surface area contributed by atoms with Crippen LogP contribution < -0.4 is 0 Å². The Morgan fingerprint density at radius 1 is 1.45 bits per heavy atom. The Balaban J connectivity index is 3.60. The minimum Gasteiger partial charge on any atom is -0.472 e. The van der Waals surface area contributed by atoms with Crippen LogP contribution in [-0.2, 0) is 4.79 Å². The van der Waals surface area contributed by atoms with Crippen LogP contribution in [0.2, 0.25) is 0 Å². The molecule has 0 fully saturated rings. The smallest absolute Gasteiger partial charge is 0.381 e. The predicted octanol–water partition coefficient (Wildman–Crippen LogP) is 0.171. The SMILES string of the molecule is C[N+](C)(C)CCC#CC(=O)O. The van der Waals surface area contributed by atoms with E-state index in [9.17, 15) is 4.79 Å². The molecule has 0 bridgehead atoms. The molecule has 0 aromatic heterocycles. The monoisotopic (exact) mass is 156 g/mol. The van der Waals surface area contributed by atoms with Crippen LogP contribution in [0.15, 0.2) is 0 Å². The molecule has 0 rings (SSSR count). The summed E-state index contributed by atoms with van der Waals surface area (Å²) in [4.78, 5) is 9.95. The van der Waals surface area contributed by atoms with Crippen molar-refractivity contribution in [1.29, 1.82) is 0 Å². The van der Waals surface area contributed by atoms with E-state index in [0.717, 1.165) is 11.0 Å². The highest BCUT2D eigenvalue weighted by molar-refractivity contribution is 5.86. The maximum atomic E-state index is 9.95. The summed E-state index contributed by atoms with van der Waals surface area (Å²) in [5.41, 5.74) is 0. The number of carboxylic acid groups (broad SMARTS) is 1. The lowest BCUT2D eigenvalue weighted by molar-refractivity contribution is -0.869. The topological polar surface area (TPSA) is 37.3 Å². The van der Waals surface area contributed by atoms with Crippen molar-refractivity contribution >= 4 is 5.97 Å². The van der Waals surface area contributed by atoms with Crippen LogP contribution in [0, 0.1) is 11.8 Å². The third-order valence-corrected chi connectivity index (χ3v) is 1.10. The molecule has 0 radical (unpaired) electrons. The first-order valence-electron chi connectivity index (χ1n) is 3.44. The summed E-state index contributed by atoms with van der Waals surface area (Å²) in [5, 5.41) is 8.16. The maximum Gasteiger partial charge on any atom is 0.381 e. The van der Waals surface area contributed by atoms with Gasteiger partial charge in [0.15, 0.2) is 0 Å². The molecule has 0 aromatic carbocycles. The summed E-state index contributed by atoms with van der Waals surface area (Å²) in [6.07, 6.45) is 0.635. The Kier molecular flexibility index (Phi) is 3.63. The van der Waals surface area contributed by atoms with Crippen LogP contribution in [0.25, 0.3) is 0 Å². The fourth-order valence-corrected chi connectivity index (χ4v) is 0.529. The Bertz CT molecular complexity index is 192. The first kappa shape index (κ1) is 9.99. The molecule has 0 unspecified atom stereocenters. The molecule has 62 valence electrons. The van der Waals surface area contributed by atoms with E-state index in [-0.39, 0.29) is 0 Å². The Labute approximate surface area is 67.2 Å². The second kappa shape index (κ2) is 3.99. The third kappa shape index (κ3) is 8.99. The van der Waals surface area contributed by atoms with Gasteiger partial charge >= 0.3 is 5.97 Å². The quantitative estimate of drug-likeness (QED) is 0.457. The van der Waals surface area contributed by atoms with Crippen molar-refractivity contribution in [1.82, 2.24) is 0 Å². The first-order chi connectivity index (χ1) is 4.92. The van der Waals surface area contributed by atoms with Crippen molar-refractivity contribution in [3.8, 4) is 11.8 Å². The number of quaternary nitrogens is 1. The second-order valence-electron chi connectivity index (χ2n) is 3.37. The summed E-state index contributed by atoms with van der Waals surface area (Å²) in [5.74, 6) is 3.60. The van der Waals surface area contributed by atoms with Gasteiger partial charge in [0.2, 0.25) is 0 Å². The molecule has 0 heterocycles. The number of aliphatic carboxylic acids is 1. The van der Waals surface area contributed by atoms with Crippen molar-refractivity contribution < 1.29 is 14.4 Å². The normalized spacial score (nSPS) is 10.1. The molecule has 0 aliphatic heterocycles. The maximum absolute atomic E-state index is 9.95. The minimum atomic E-state index is -1.05. The summed E-state index contributed by atoms with van der Waals surface area (Å²) >= 11 is 0.